The maximum Gasteiger partial charge on any atom is 0.245 e. The second-order valence-electron chi connectivity index (χ2n) is 6.23. The molecule has 24 heavy (non-hydrogen) atoms. The average Bonchev–Trinajstić information content (AvgIpc) is 2.55. The molecule has 0 saturated carbocycles. The van der Waals surface area contributed by atoms with Crippen LogP contribution in [0.25, 0.3) is 6.08 Å². The third-order valence-electron chi connectivity index (χ3n) is 4.34. The quantitative estimate of drug-likeness (QED) is 0.898. The van der Waals surface area contributed by atoms with E-state index in [9.17, 15) is 13.5 Å². The predicted octanol–water partition coefficient (Wildman–Crippen LogP) is 2.20. The van der Waals surface area contributed by atoms with Gasteiger partial charge in [-0.3, -0.25) is 0 Å². The topological polar surface area (TPSA) is 76.1 Å². The van der Waals surface area contributed by atoms with Crippen molar-refractivity contribution < 1.29 is 23.0 Å². The molecule has 0 aliphatic carbocycles. The van der Waals surface area contributed by atoms with E-state index in [1.54, 1.807) is 18.2 Å². The van der Waals surface area contributed by atoms with Crippen LogP contribution in [0.2, 0.25) is 0 Å². The predicted molar refractivity (Wildman–Crippen MR) is 91.1 cm³/mol. The first-order chi connectivity index (χ1) is 11.4. The third kappa shape index (κ3) is 3.16. The highest BCUT2D eigenvalue weighted by atomic mass is 32.2. The van der Waals surface area contributed by atoms with E-state index in [2.05, 4.69) is 0 Å². The fraction of sp³-hybridized carbons (Fsp3) is 0.529. The fourth-order valence-electron chi connectivity index (χ4n) is 3.15. The molecular formula is C17H23NO5S. The van der Waals surface area contributed by atoms with Gasteiger partial charge in [-0.25, -0.2) is 8.42 Å². The van der Waals surface area contributed by atoms with Crippen molar-refractivity contribution in [3.8, 4) is 11.5 Å². The smallest absolute Gasteiger partial charge is 0.245 e. The molecule has 2 heterocycles. The van der Waals surface area contributed by atoms with Gasteiger partial charge < -0.3 is 14.6 Å². The fourth-order valence-corrected chi connectivity index (χ4v) is 4.85. The molecule has 1 aromatic rings. The number of rotatable bonds is 4. The number of benzene rings is 1. The molecule has 1 N–H and O–H groups in total. The number of hydrogen-bond donors (Lipinski definition) is 1. The summed E-state index contributed by atoms with van der Waals surface area (Å²) in [5.74, 6) is 1.18. The van der Waals surface area contributed by atoms with Crippen LogP contribution in [0.1, 0.15) is 32.3 Å². The van der Waals surface area contributed by atoms with Crippen LogP contribution in [0.15, 0.2) is 23.1 Å². The molecule has 7 heteroatoms. The van der Waals surface area contributed by atoms with Crippen LogP contribution in [0.3, 0.4) is 0 Å². The molecule has 3 rings (SSSR count). The minimum atomic E-state index is -3.76. The molecular weight excluding hydrogens is 330 g/mol. The summed E-state index contributed by atoms with van der Waals surface area (Å²) in [5.41, 5.74) is 0.592. The molecule has 0 spiro atoms. The summed E-state index contributed by atoms with van der Waals surface area (Å²) >= 11 is 0. The van der Waals surface area contributed by atoms with E-state index in [0.717, 1.165) is 12.8 Å². The Hall–Kier alpha value is -1.57. The molecule has 0 bridgehead atoms. The first-order valence-electron chi connectivity index (χ1n) is 8.25. The molecule has 0 aromatic heterocycles. The normalized spacial score (nSPS) is 24.7. The Morgan fingerprint density at radius 3 is 2.92 bits per heavy atom. The number of sulfonamides is 1. The van der Waals surface area contributed by atoms with Gasteiger partial charge >= 0.3 is 0 Å². The van der Waals surface area contributed by atoms with E-state index < -0.39 is 16.3 Å². The minimum absolute atomic E-state index is 0.113. The molecule has 2 atom stereocenters. The molecule has 0 amide bonds. The van der Waals surface area contributed by atoms with Crippen molar-refractivity contribution in [3.63, 3.8) is 0 Å². The zero-order chi connectivity index (χ0) is 17.3. The molecule has 1 saturated heterocycles. The summed E-state index contributed by atoms with van der Waals surface area (Å²) in [4.78, 5) is -0.113. The Kier molecular flexibility index (Phi) is 4.85. The van der Waals surface area contributed by atoms with Crippen molar-refractivity contribution in [1.82, 2.24) is 4.31 Å². The van der Waals surface area contributed by atoms with E-state index in [-0.39, 0.29) is 4.91 Å². The van der Waals surface area contributed by atoms with Crippen LogP contribution in [-0.4, -0.2) is 43.8 Å². The molecule has 2 aliphatic heterocycles. The lowest BCUT2D eigenvalue weighted by Crippen LogP contribution is -2.42. The first kappa shape index (κ1) is 17.3. The number of piperidine rings is 1. The average molecular weight is 353 g/mol. The highest BCUT2D eigenvalue weighted by Crippen LogP contribution is 2.39. The summed E-state index contributed by atoms with van der Waals surface area (Å²) in [6.45, 7) is 5.28. The highest BCUT2D eigenvalue weighted by molar-refractivity contribution is 7.93. The van der Waals surface area contributed by atoms with Gasteiger partial charge in [0.1, 0.15) is 4.91 Å². The zero-order valence-electron chi connectivity index (χ0n) is 13.9. The van der Waals surface area contributed by atoms with Crippen molar-refractivity contribution in [3.05, 3.63) is 28.7 Å². The van der Waals surface area contributed by atoms with Gasteiger partial charge in [0.15, 0.2) is 11.5 Å². The van der Waals surface area contributed by atoms with Crippen LogP contribution >= 0.6 is 0 Å². The highest BCUT2D eigenvalue weighted by Gasteiger charge is 2.37. The van der Waals surface area contributed by atoms with E-state index in [1.807, 2.05) is 13.8 Å². The van der Waals surface area contributed by atoms with Crippen molar-refractivity contribution in [2.45, 2.75) is 33.0 Å². The van der Waals surface area contributed by atoms with Crippen molar-refractivity contribution in [2.24, 2.45) is 5.92 Å². The van der Waals surface area contributed by atoms with E-state index in [0.29, 0.717) is 42.7 Å². The van der Waals surface area contributed by atoms with Gasteiger partial charge in [-0.15, -0.1) is 0 Å². The van der Waals surface area contributed by atoms with Crippen LogP contribution < -0.4 is 9.47 Å². The molecule has 2 aliphatic rings. The number of para-hydroxylation sites is 1. The molecule has 0 radical (unpaired) electrons. The number of fused-ring (bicyclic) bond motifs is 1. The van der Waals surface area contributed by atoms with Crippen LogP contribution in [0, 0.1) is 5.92 Å². The monoisotopic (exact) mass is 353 g/mol. The molecule has 132 valence electrons. The lowest BCUT2D eigenvalue weighted by Gasteiger charge is -2.33. The van der Waals surface area contributed by atoms with Gasteiger partial charge in [0.05, 0.1) is 6.61 Å². The summed E-state index contributed by atoms with van der Waals surface area (Å²) in [7, 11) is -3.76. The van der Waals surface area contributed by atoms with E-state index in [1.165, 1.54) is 10.4 Å². The van der Waals surface area contributed by atoms with Gasteiger partial charge in [-0.1, -0.05) is 19.1 Å². The summed E-state index contributed by atoms with van der Waals surface area (Å²) in [6, 6.07) is 5.25. The lowest BCUT2D eigenvalue weighted by molar-refractivity contribution is 0.0159. The van der Waals surface area contributed by atoms with Crippen LogP contribution in [0.4, 0.5) is 0 Å². The number of aliphatic hydroxyl groups is 1. The Morgan fingerprint density at radius 1 is 1.42 bits per heavy atom. The zero-order valence-corrected chi connectivity index (χ0v) is 14.8. The van der Waals surface area contributed by atoms with Gasteiger partial charge in [-0.05, 0) is 37.8 Å². The van der Waals surface area contributed by atoms with Crippen molar-refractivity contribution in [2.75, 3.05) is 19.7 Å². The standard InChI is InChI=1S/C17H23NO5S/c1-3-22-14-8-4-7-13-10-15(17(19)23-16(13)14)24(20,21)18-9-5-6-12(2)11-18/h4,7-8,10,12,17,19H,3,5-6,9,11H2,1-2H3. The second kappa shape index (κ2) is 6.74. The van der Waals surface area contributed by atoms with E-state index >= 15 is 0 Å². The number of aliphatic hydroxyl groups excluding tert-OH is 1. The van der Waals surface area contributed by atoms with Crippen LogP contribution in [0.5, 0.6) is 11.5 Å². The summed E-state index contributed by atoms with van der Waals surface area (Å²) in [6.07, 6.45) is 1.81. The third-order valence-corrected chi connectivity index (χ3v) is 6.26. The Labute approximate surface area is 142 Å². The summed E-state index contributed by atoms with van der Waals surface area (Å²) in [5, 5.41) is 10.3. The van der Waals surface area contributed by atoms with E-state index in [4.69, 9.17) is 9.47 Å². The maximum atomic E-state index is 12.9. The lowest BCUT2D eigenvalue weighted by atomic mass is 10.0. The largest absolute Gasteiger partial charge is 0.490 e. The molecule has 1 aromatic carbocycles. The first-order valence-corrected chi connectivity index (χ1v) is 9.69. The minimum Gasteiger partial charge on any atom is -0.490 e. The molecule has 6 nitrogen and oxygen atoms in total. The Balaban J connectivity index is 1.97. The summed E-state index contributed by atoms with van der Waals surface area (Å²) < 4.78 is 38.2. The number of ether oxygens (including phenoxy) is 2. The van der Waals surface area contributed by atoms with Gasteiger partial charge in [0, 0.05) is 18.7 Å². The van der Waals surface area contributed by atoms with Crippen molar-refractivity contribution in [1.29, 1.82) is 0 Å². The SMILES string of the molecule is CCOc1cccc2c1OC(O)C(S(=O)(=O)N1CCCC(C)C1)=C2. The maximum absolute atomic E-state index is 12.9. The van der Waals surface area contributed by atoms with Gasteiger partial charge in [0.2, 0.25) is 16.3 Å². The molecule has 2 unspecified atom stereocenters. The van der Waals surface area contributed by atoms with Gasteiger partial charge in [-0.2, -0.15) is 4.31 Å². The second-order valence-corrected chi connectivity index (χ2v) is 8.17. The number of hydrogen-bond acceptors (Lipinski definition) is 5. The van der Waals surface area contributed by atoms with Crippen molar-refractivity contribution >= 4 is 16.1 Å². The molecule has 1 fully saturated rings. The van der Waals surface area contributed by atoms with Gasteiger partial charge in [0.25, 0.3) is 0 Å². The Bertz CT molecular complexity index is 743. The Morgan fingerprint density at radius 2 is 2.21 bits per heavy atom. The number of nitrogens with zero attached hydrogens (tertiary/aromatic N) is 1. The van der Waals surface area contributed by atoms with Crippen LogP contribution in [-0.2, 0) is 10.0 Å².